The van der Waals surface area contributed by atoms with E-state index >= 15 is 0 Å². The van der Waals surface area contributed by atoms with Crippen LogP contribution in [0.15, 0.2) is 51.6 Å². The predicted octanol–water partition coefficient (Wildman–Crippen LogP) is 4.31. The second-order valence-electron chi connectivity index (χ2n) is 9.92. The van der Waals surface area contributed by atoms with Crippen molar-refractivity contribution < 1.29 is 19.1 Å². The number of benzene rings is 1. The molecule has 0 aromatic heterocycles. The molecule has 3 aliphatic heterocycles. The van der Waals surface area contributed by atoms with Gasteiger partial charge in [-0.25, -0.2) is 9.79 Å². The van der Waals surface area contributed by atoms with Crippen LogP contribution in [0.4, 0.5) is 0 Å². The molecule has 1 saturated carbocycles. The minimum absolute atomic E-state index is 0.118. The van der Waals surface area contributed by atoms with Crippen LogP contribution in [0.3, 0.4) is 0 Å². The minimum Gasteiger partial charge on any atom is -0.497 e. The molecule has 0 N–H and O–H groups in total. The van der Waals surface area contributed by atoms with Crippen molar-refractivity contribution in [2.45, 2.75) is 58.0 Å². The molecule has 2 fully saturated rings. The molecule has 37 heavy (non-hydrogen) atoms. The molecule has 1 atom stereocenters. The number of aliphatic imine (C=N–C) groups is 1. The number of fused-ring (bicyclic) bond motifs is 1. The molecule has 0 unspecified atom stereocenters. The van der Waals surface area contributed by atoms with Crippen molar-refractivity contribution in [1.29, 1.82) is 0 Å². The lowest BCUT2D eigenvalue weighted by Gasteiger charge is -2.39. The van der Waals surface area contributed by atoms with Crippen LogP contribution in [0, 0.1) is 0 Å². The molecule has 0 bridgehead atoms. The molecular formula is C28H36N4O4S. The molecule has 9 heteroatoms. The Balaban J connectivity index is 1.37. The number of piperazine rings is 1. The van der Waals surface area contributed by atoms with Gasteiger partial charge in [0, 0.05) is 37.9 Å². The summed E-state index contributed by atoms with van der Waals surface area (Å²) >= 11 is 1.50. The molecule has 1 amide bonds. The molecular weight excluding hydrogens is 488 g/mol. The Hall–Kier alpha value is -2.78. The van der Waals surface area contributed by atoms with Gasteiger partial charge >= 0.3 is 5.97 Å². The summed E-state index contributed by atoms with van der Waals surface area (Å²) in [5.41, 5.74) is 2.87. The van der Waals surface area contributed by atoms with Crippen molar-refractivity contribution in [2.24, 2.45) is 4.99 Å². The maximum absolute atomic E-state index is 13.4. The number of carbonyl (C=O) groups is 2. The van der Waals surface area contributed by atoms with E-state index in [1.807, 2.05) is 46.4 Å². The number of nitrogens with zero attached hydrogens (tertiary/aromatic N) is 4. The average molecular weight is 525 g/mol. The predicted molar refractivity (Wildman–Crippen MR) is 145 cm³/mol. The van der Waals surface area contributed by atoms with Crippen molar-refractivity contribution in [2.75, 3.05) is 39.9 Å². The summed E-state index contributed by atoms with van der Waals surface area (Å²) in [6.45, 7) is 7.35. The van der Waals surface area contributed by atoms with Crippen LogP contribution < -0.4 is 4.74 Å². The van der Waals surface area contributed by atoms with Crippen LogP contribution in [0.5, 0.6) is 5.75 Å². The number of ether oxygens (including phenoxy) is 2. The zero-order valence-electron chi connectivity index (χ0n) is 21.9. The van der Waals surface area contributed by atoms with Gasteiger partial charge in [0.05, 0.1) is 37.4 Å². The zero-order chi connectivity index (χ0) is 25.9. The van der Waals surface area contributed by atoms with Crippen LogP contribution >= 0.6 is 11.8 Å². The standard InChI is InChI=1S/C28H36N4O4S/c1-4-36-27(34)25-19(2)29-28-32(26(25)20-8-7-11-23(16-20)35-3)22(18-37-28)17-24(33)31-14-12-30(13-15-31)21-9-5-6-10-21/h7-8,11,16,18,21,26H,4-6,9-10,12-15,17H2,1-3H3/t26-/m1/s1. The molecule has 0 radical (unpaired) electrons. The number of hydrogen-bond acceptors (Lipinski definition) is 8. The van der Waals surface area contributed by atoms with Gasteiger partial charge in [-0.3, -0.25) is 9.69 Å². The first-order chi connectivity index (χ1) is 18.0. The van der Waals surface area contributed by atoms with E-state index in [9.17, 15) is 9.59 Å². The van der Waals surface area contributed by atoms with E-state index in [0.717, 1.165) is 42.6 Å². The summed E-state index contributed by atoms with van der Waals surface area (Å²) < 4.78 is 10.9. The first-order valence-electron chi connectivity index (χ1n) is 13.3. The van der Waals surface area contributed by atoms with E-state index < -0.39 is 6.04 Å². The molecule has 1 saturated heterocycles. The van der Waals surface area contributed by atoms with Gasteiger partial charge in [0.2, 0.25) is 5.91 Å². The van der Waals surface area contributed by atoms with Crippen molar-refractivity contribution in [3.8, 4) is 5.75 Å². The van der Waals surface area contributed by atoms with E-state index in [0.29, 0.717) is 23.1 Å². The van der Waals surface area contributed by atoms with E-state index in [1.54, 1.807) is 14.0 Å². The third kappa shape index (κ3) is 5.29. The topological polar surface area (TPSA) is 74.7 Å². The first kappa shape index (κ1) is 25.9. The first-order valence-corrected chi connectivity index (χ1v) is 14.2. The van der Waals surface area contributed by atoms with Gasteiger partial charge in [-0.15, -0.1) is 0 Å². The molecule has 4 aliphatic rings. The van der Waals surface area contributed by atoms with Crippen molar-refractivity contribution in [1.82, 2.24) is 14.7 Å². The third-order valence-corrected chi connectivity index (χ3v) is 8.63. The molecule has 1 aromatic rings. The normalized spacial score (nSPS) is 22.6. The number of methoxy groups -OCH3 is 1. The molecule has 1 aliphatic carbocycles. The summed E-state index contributed by atoms with van der Waals surface area (Å²) in [6.07, 6.45) is 5.50. The fraction of sp³-hybridized carbons (Fsp3) is 0.536. The Morgan fingerprint density at radius 2 is 1.89 bits per heavy atom. The second-order valence-corrected chi connectivity index (χ2v) is 10.8. The van der Waals surface area contributed by atoms with Gasteiger partial charge in [0.25, 0.3) is 0 Å². The Bertz CT molecular complexity index is 1130. The van der Waals surface area contributed by atoms with E-state index in [2.05, 4.69) is 4.90 Å². The Labute approximate surface area is 223 Å². The Morgan fingerprint density at radius 1 is 1.14 bits per heavy atom. The maximum Gasteiger partial charge on any atom is 0.338 e. The highest BCUT2D eigenvalue weighted by atomic mass is 32.2. The van der Waals surface area contributed by atoms with Crippen molar-refractivity contribution in [3.05, 3.63) is 52.2 Å². The number of carbonyl (C=O) groups excluding carboxylic acids is 2. The highest BCUT2D eigenvalue weighted by Crippen LogP contribution is 2.45. The zero-order valence-corrected chi connectivity index (χ0v) is 22.8. The summed E-state index contributed by atoms with van der Waals surface area (Å²) in [6, 6.07) is 7.96. The third-order valence-electron chi connectivity index (χ3n) is 7.75. The fourth-order valence-corrected chi connectivity index (χ4v) is 6.80. The van der Waals surface area contributed by atoms with E-state index in [4.69, 9.17) is 14.5 Å². The summed E-state index contributed by atoms with van der Waals surface area (Å²) in [5.74, 6) is 0.435. The number of hydrogen-bond donors (Lipinski definition) is 0. The number of rotatable bonds is 7. The maximum atomic E-state index is 13.4. The highest BCUT2D eigenvalue weighted by Gasteiger charge is 2.41. The molecule has 3 heterocycles. The van der Waals surface area contributed by atoms with E-state index in [-0.39, 0.29) is 24.9 Å². The lowest BCUT2D eigenvalue weighted by molar-refractivity contribution is -0.139. The van der Waals surface area contributed by atoms with Gasteiger partial charge in [0.15, 0.2) is 5.17 Å². The van der Waals surface area contributed by atoms with Gasteiger partial charge in [-0.2, -0.15) is 0 Å². The van der Waals surface area contributed by atoms with Crippen molar-refractivity contribution >= 4 is 28.8 Å². The largest absolute Gasteiger partial charge is 0.497 e. The number of esters is 1. The molecule has 1 aromatic carbocycles. The van der Waals surface area contributed by atoms with Gasteiger partial charge in [0.1, 0.15) is 5.75 Å². The van der Waals surface area contributed by atoms with E-state index in [1.165, 1.54) is 37.4 Å². The number of amidine groups is 1. The second kappa shape index (κ2) is 11.3. The molecule has 8 nitrogen and oxygen atoms in total. The molecule has 0 spiro atoms. The number of amides is 1. The van der Waals surface area contributed by atoms with Gasteiger partial charge in [-0.05, 0) is 49.8 Å². The Morgan fingerprint density at radius 3 is 2.59 bits per heavy atom. The van der Waals surface area contributed by atoms with Crippen LogP contribution in [0.2, 0.25) is 0 Å². The van der Waals surface area contributed by atoms with Crippen LogP contribution in [0.25, 0.3) is 0 Å². The van der Waals surface area contributed by atoms with Crippen LogP contribution in [0.1, 0.15) is 57.6 Å². The SMILES string of the molecule is CCOC(=O)C1=C(C)N=C2SC=C(CC(=O)N3CCN(C4CCCC4)CC3)N2[C@@H]1c1cccc(OC)c1. The summed E-state index contributed by atoms with van der Waals surface area (Å²) in [7, 11) is 1.63. The summed E-state index contributed by atoms with van der Waals surface area (Å²) in [4.78, 5) is 37.9. The summed E-state index contributed by atoms with van der Waals surface area (Å²) in [5, 5.41) is 2.77. The Kier molecular flexibility index (Phi) is 7.90. The highest BCUT2D eigenvalue weighted by molar-refractivity contribution is 8.16. The minimum atomic E-state index is -0.449. The molecule has 198 valence electrons. The monoisotopic (exact) mass is 524 g/mol. The lowest BCUT2D eigenvalue weighted by Crippen LogP contribution is -2.51. The van der Waals surface area contributed by atoms with Gasteiger partial charge in [-0.1, -0.05) is 36.7 Å². The van der Waals surface area contributed by atoms with Crippen molar-refractivity contribution in [3.63, 3.8) is 0 Å². The van der Waals surface area contributed by atoms with Crippen LogP contribution in [-0.4, -0.2) is 77.7 Å². The number of allylic oxidation sites excluding steroid dienone is 1. The quantitative estimate of drug-likeness (QED) is 0.492. The van der Waals surface area contributed by atoms with Crippen LogP contribution in [-0.2, 0) is 14.3 Å². The number of thioether (sulfide) groups is 1. The lowest BCUT2D eigenvalue weighted by atomic mass is 9.93. The average Bonchev–Trinajstić information content (AvgIpc) is 3.59. The van der Waals surface area contributed by atoms with Gasteiger partial charge < -0.3 is 19.3 Å². The smallest absolute Gasteiger partial charge is 0.338 e. The molecule has 5 rings (SSSR count). The fourth-order valence-electron chi connectivity index (χ4n) is 5.84.